The maximum atomic E-state index is 11.2. The Labute approximate surface area is 93.2 Å². The summed E-state index contributed by atoms with van der Waals surface area (Å²) in [5.41, 5.74) is 0. The van der Waals surface area contributed by atoms with Gasteiger partial charge in [-0.25, -0.2) is 4.79 Å². The van der Waals surface area contributed by atoms with Gasteiger partial charge in [0.15, 0.2) is 6.04 Å². The van der Waals surface area contributed by atoms with Gasteiger partial charge in [-0.1, -0.05) is 0 Å². The molecule has 2 amide bonds. The molecule has 0 fully saturated rings. The van der Waals surface area contributed by atoms with Crippen LogP contribution < -0.4 is 10.6 Å². The second-order valence-electron chi connectivity index (χ2n) is 3.15. The molecule has 0 aromatic rings. The van der Waals surface area contributed by atoms with Crippen LogP contribution in [0.3, 0.4) is 0 Å². The molecule has 3 N–H and O–H groups in total. The van der Waals surface area contributed by atoms with Crippen LogP contribution in [0.4, 0.5) is 0 Å². The summed E-state index contributed by atoms with van der Waals surface area (Å²) in [6, 6.07) is -1.06. The first-order valence-corrected chi connectivity index (χ1v) is 4.73. The fourth-order valence-corrected chi connectivity index (χ4v) is 0.960. The number of carboxylic acids is 1. The third-order valence-corrected chi connectivity index (χ3v) is 1.69. The number of carbonyl (C=O) groups excluding carboxylic acids is 2. The molecule has 0 heterocycles. The van der Waals surface area contributed by atoms with E-state index < -0.39 is 17.9 Å². The van der Waals surface area contributed by atoms with Crippen LogP contribution in [0.2, 0.25) is 0 Å². The Morgan fingerprint density at radius 3 is 2.44 bits per heavy atom. The lowest BCUT2D eigenvalue weighted by Gasteiger charge is -2.13. The van der Waals surface area contributed by atoms with Crippen LogP contribution in [0, 0.1) is 0 Å². The highest BCUT2D eigenvalue weighted by Crippen LogP contribution is 1.88. The molecule has 0 bridgehead atoms. The number of nitrogens with one attached hydrogen (secondary N) is 2. The Bertz CT molecular complexity index is 267. The molecule has 1 atom stereocenters. The molecule has 0 aliphatic rings. The van der Waals surface area contributed by atoms with Crippen molar-refractivity contribution in [3.63, 3.8) is 0 Å². The lowest BCUT2D eigenvalue weighted by atomic mass is 10.3. The molecule has 0 aliphatic heterocycles. The minimum atomic E-state index is -1.16. The molecule has 0 saturated heterocycles. The Kier molecular flexibility index (Phi) is 6.86. The molecule has 0 aromatic carbocycles. The highest BCUT2D eigenvalue weighted by molar-refractivity contribution is 5.84. The van der Waals surface area contributed by atoms with Gasteiger partial charge in [0.1, 0.15) is 0 Å². The minimum absolute atomic E-state index is 0.0348. The average Bonchev–Trinajstić information content (AvgIpc) is 2.16. The molecule has 0 aliphatic carbocycles. The summed E-state index contributed by atoms with van der Waals surface area (Å²) in [5, 5.41) is 13.4. The SMILES string of the molecule is COCC(NC(=O)CCNC(C)=O)C(=O)O. The van der Waals surface area contributed by atoms with E-state index in [4.69, 9.17) is 5.11 Å². The quantitative estimate of drug-likeness (QED) is 0.507. The van der Waals surface area contributed by atoms with Crippen LogP contribution in [0.15, 0.2) is 0 Å². The Hall–Kier alpha value is -1.63. The second-order valence-corrected chi connectivity index (χ2v) is 3.15. The molecule has 7 heteroatoms. The Morgan fingerprint density at radius 2 is 2.00 bits per heavy atom. The maximum absolute atomic E-state index is 11.2. The molecule has 0 aromatic heterocycles. The monoisotopic (exact) mass is 232 g/mol. The third kappa shape index (κ3) is 6.77. The fourth-order valence-electron chi connectivity index (χ4n) is 0.960. The van der Waals surface area contributed by atoms with E-state index in [9.17, 15) is 14.4 Å². The Morgan fingerprint density at radius 1 is 1.38 bits per heavy atom. The fraction of sp³-hybridized carbons (Fsp3) is 0.667. The smallest absolute Gasteiger partial charge is 0.328 e. The van der Waals surface area contributed by atoms with E-state index in [0.29, 0.717) is 0 Å². The van der Waals surface area contributed by atoms with Crippen molar-refractivity contribution in [2.45, 2.75) is 19.4 Å². The van der Waals surface area contributed by atoms with Gasteiger partial charge >= 0.3 is 5.97 Å². The van der Waals surface area contributed by atoms with Crippen LogP contribution in [0.25, 0.3) is 0 Å². The van der Waals surface area contributed by atoms with E-state index >= 15 is 0 Å². The first kappa shape index (κ1) is 14.4. The zero-order valence-electron chi connectivity index (χ0n) is 9.28. The lowest BCUT2D eigenvalue weighted by Crippen LogP contribution is -2.44. The summed E-state index contributed by atoms with van der Waals surface area (Å²) in [6.45, 7) is 1.42. The lowest BCUT2D eigenvalue weighted by molar-refractivity contribution is -0.143. The number of carboxylic acid groups (broad SMARTS) is 1. The highest BCUT2D eigenvalue weighted by atomic mass is 16.5. The van der Waals surface area contributed by atoms with Crippen LogP contribution in [-0.2, 0) is 19.1 Å². The van der Waals surface area contributed by atoms with Gasteiger partial charge in [0.2, 0.25) is 11.8 Å². The number of aliphatic carboxylic acids is 1. The van der Waals surface area contributed by atoms with E-state index in [1.165, 1.54) is 14.0 Å². The molecular formula is C9H16N2O5. The largest absolute Gasteiger partial charge is 0.480 e. The number of hydrogen-bond acceptors (Lipinski definition) is 4. The normalized spacial score (nSPS) is 11.6. The summed E-state index contributed by atoms with van der Waals surface area (Å²) >= 11 is 0. The molecule has 16 heavy (non-hydrogen) atoms. The molecule has 92 valence electrons. The van der Waals surface area contributed by atoms with Crippen LogP contribution in [0.1, 0.15) is 13.3 Å². The predicted octanol–water partition coefficient (Wildman–Crippen LogP) is -1.27. The molecule has 0 saturated carbocycles. The number of ether oxygens (including phenoxy) is 1. The zero-order chi connectivity index (χ0) is 12.6. The topological polar surface area (TPSA) is 105 Å². The summed E-state index contributed by atoms with van der Waals surface area (Å²) in [5.74, 6) is -1.84. The summed E-state index contributed by atoms with van der Waals surface area (Å²) in [7, 11) is 1.35. The van der Waals surface area contributed by atoms with Crippen molar-refractivity contribution in [2.24, 2.45) is 0 Å². The second kappa shape index (κ2) is 7.63. The molecule has 0 spiro atoms. The van der Waals surface area contributed by atoms with E-state index in [1.807, 2.05) is 0 Å². The predicted molar refractivity (Wildman–Crippen MR) is 54.7 cm³/mol. The average molecular weight is 232 g/mol. The standard InChI is InChI=1S/C9H16N2O5/c1-6(12)10-4-3-8(13)11-7(5-16-2)9(14)15/h7H,3-5H2,1-2H3,(H,10,12)(H,11,13)(H,14,15). The molecule has 0 rings (SSSR count). The number of rotatable bonds is 7. The van der Waals surface area contributed by atoms with Crippen molar-refractivity contribution in [3.05, 3.63) is 0 Å². The van der Waals surface area contributed by atoms with E-state index in [-0.39, 0.29) is 25.5 Å². The van der Waals surface area contributed by atoms with Gasteiger partial charge in [0.05, 0.1) is 6.61 Å². The van der Waals surface area contributed by atoms with Crippen molar-refractivity contribution in [3.8, 4) is 0 Å². The van der Waals surface area contributed by atoms with Crippen molar-refractivity contribution >= 4 is 17.8 Å². The minimum Gasteiger partial charge on any atom is -0.480 e. The molecule has 1 unspecified atom stereocenters. The van der Waals surface area contributed by atoms with Crippen molar-refractivity contribution in [1.82, 2.24) is 10.6 Å². The van der Waals surface area contributed by atoms with Crippen molar-refractivity contribution < 1.29 is 24.2 Å². The zero-order valence-corrected chi connectivity index (χ0v) is 9.28. The van der Waals surface area contributed by atoms with E-state index in [2.05, 4.69) is 15.4 Å². The van der Waals surface area contributed by atoms with Gasteiger partial charge in [-0.15, -0.1) is 0 Å². The van der Waals surface area contributed by atoms with Crippen LogP contribution >= 0.6 is 0 Å². The summed E-state index contributed by atoms with van der Waals surface area (Å²) in [6.07, 6.45) is 0.0348. The Balaban J connectivity index is 3.90. The van der Waals surface area contributed by atoms with Crippen LogP contribution in [0.5, 0.6) is 0 Å². The van der Waals surface area contributed by atoms with Crippen LogP contribution in [-0.4, -0.2) is 49.2 Å². The van der Waals surface area contributed by atoms with Crippen molar-refractivity contribution in [2.75, 3.05) is 20.3 Å². The van der Waals surface area contributed by atoms with Gasteiger partial charge < -0.3 is 20.5 Å². The van der Waals surface area contributed by atoms with Crippen molar-refractivity contribution in [1.29, 1.82) is 0 Å². The highest BCUT2D eigenvalue weighted by Gasteiger charge is 2.19. The number of hydrogen-bond donors (Lipinski definition) is 3. The number of carbonyl (C=O) groups is 3. The summed E-state index contributed by atoms with van der Waals surface area (Å²) in [4.78, 5) is 32.4. The van der Waals surface area contributed by atoms with Gasteiger partial charge in [-0.05, 0) is 0 Å². The molecule has 7 nitrogen and oxygen atoms in total. The number of amides is 2. The van der Waals surface area contributed by atoms with Gasteiger partial charge in [0, 0.05) is 27.0 Å². The number of methoxy groups -OCH3 is 1. The van der Waals surface area contributed by atoms with Gasteiger partial charge in [-0.2, -0.15) is 0 Å². The summed E-state index contributed by atoms with van der Waals surface area (Å²) < 4.78 is 4.64. The third-order valence-electron chi connectivity index (χ3n) is 1.69. The van der Waals surface area contributed by atoms with E-state index in [0.717, 1.165) is 0 Å². The molecule has 0 radical (unpaired) electrons. The maximum Gasteiger partial charge on any atom is 0.328 e. The molecular weight excluding hydrogens is 216 g/mol. The van der Waals surface area contributed by atoms with Gasteiger partial charge in [-0.3, -0.25) is 9.59 Å². The first-order valence-electron chi connectivity index (χ1n) is 4.73. The first-order chi connectivity index (χ1) is 7.47. The van der Waals surface area contributed by atoms with Gasteiger partial charge in [0.25, 0.3) is 0 Å². The van der Waals surface area contributed by atoms with E-state index in [1.54, 1.807) is 0 Å².